The van der Waals surface area contributed by atoms with Crippen LogP contribution in [-0.4, -0.2) is 18.7 Å². The fourth-order valence-corrected chi connectivity index (χ4v) is 3.04. The van der Waals surface area contributed by atoms with E-state index in [0.717, 1.165) is 37.7 Å². The van der Waals surface area contributed by atoms with E-state index in [4.69, 9.17) is 14.3 Å². The summed E-state index contributed by atoms with van der Waals surface area (Å²) in [5, 5.41) is 0. The van der Waals surface area contributed by atoms with Gasteiger partial charge >= 0.3 is 12.1 Å². The smallest absolute Gasteiger partial charge is 0.373 e. The van der Waals surface area contributed by atoms with E-state index in [9.17, 15) is 4.79 Å². The number of hydrogen-bond donors (Lipinski definition) is 0. The van der Waals surface area contributed by atoms with Crippen LogP contribution in [0, 0.1) is 0 Å². The fraction of sp³-hybridized carbons (Fsp3) is 0.333. The predicted octanol–water partition coefficient (Wildman–Crippen LogP) is 4.94. The number of carbonyl (C=O) groups is 1. The van der Waals surface area contributed by atoms with Gasteiger partial charge in [-0.05, 0) is 50.2 Å². The molecule has 0 atom stereocenters. The van der Waals surface area contributed by atoms with Gasteiger partial charge in [-0.2, -0.15) is 9.59 Å². The van der Waals surface area contributed by atoms with Crippen LogP contribution in [0.4, 0.5) is 0 Å². The zero-order chi connectivity index (χ0) is 20.6. The fourth-order valence-electron chi connectivity index (χ4n) is 3.04. The SMILES string of the molecule is CCOC(=O)/C(CCc1ccccc1)=C(\CC)CCc1ccccc1.O=C=O. The number of allylic oxidation sites excluding steroid dienone is 1. The van der Waals surface area contributed by atoms with Crippen molar-refractivity contribution in [3.05, 3.63) is 82.9 Å². The van der Waals surface area contributed by atoms with Crippen LogP contribution in [0.15, 0.2) is 71.8 Å². The Kier molecular flexibility index (Phi) is 11.6. The minimum atomic E-state index is -0.150. The molecule has 0 aliphatic carbocycles. The second kappa shape index (κ2) is 14.1. The summed E-state index contributed by atoms with van der Waals surface area (Å²) in [5.74, 6) is -0.150. The van der Waals surface area contributed by atoms with Crippen molar-refractivity contribution >= 4 is 12.1 Å². The molecule has 28 heavy (non-hydrogen) atoms. The third-order valence-electron chi connectivity index (χ3n) is 4.44. The third kappa shape index (κ3) is 8.61. The molecule has 0 fully saturated rings. The van der Waals surface area contributed by atoms with Crippen LogP contribution in [0.3, 0.4) is 0 Å². The maximum absolute atomic E-state index is 12.5. The van der Waals surface area contributed by atoms with Crippen LogP contribution in [0.25, 0.3) is 0 Å². The van der Waals surface area contributed by atoms with Crippen LogP contribution < -0.4 is 0 Å². The highest BCUT2D eigenvalue weighted by Gasteiger charge is 2.16. The van der Waals surface area contributed by atoms with Gasteiger partial charge in [-0.1, -0.05) is 73.2 Å². The molecule has 0 saturated carbocycles. The number of ether oxygens (including phenoxy) is 1. The van der Waals surface area contributed by atoms with Crippen LogP contribution in [0.1, 0.15) is 44.2 Å². The normalized spacial score (nSPS) is 10.8. The highest BCUT2D eigenvalue weighted by Crippen LogP contribution is 2.22. The monoisotopic (exact) mass is 380 g/mol. The van der Waals surface area contributed by atoms with Gasteiger partial charge in [0.05, 0.1) is 6.61 Å². The first kappa shape index (κ1) is 23.1. The summed E-state index contributed by atoms with van der Waals surface area (Å²) >= 11 is 0. The van der Waals surface area contributed by atoms with Crippen molar-refractivity contribution in [2.75, 3.05) is 6.61 Å². The molecule has 0 unspecified atom stereocenters. The van der Waals surface area contributed by atoms with Crippen LogP contribution in [0.5, 0.6) is 0 Å². The Balaban J connectivity index is 0.00000122. The van der Waals surface area contributed by atoms with E-state index in [1.165, 1.54) is 16.7 Å². The van der Waals surface area contributed by atoms with Crippen molar-refractivity contribution in [3.8, 4) is 0 Å². The van der Waals surface area contributed by atoms with Crippen molar-refractivity contribution in [1.29, 1.82) is 0 Å². The van der Waals surface area contributed by atoms with E-state index < -0.39 is 0 Å². The zero-order valence-electron chi connectivity index (χ0n) is 16.6. The Morgan fingerprint density at radius 1 is 0.821 bits per heavy atom. The molecule has 0 heterocycles. The van der Waals surface area contributed by atoms with E-state index in [2.05, 4.69) is 43.3 Å². The van der Waals surface area contributed by atoms with Gasteiger partial charge in [-0.3, -0.25) is 0 Å². The highest BCUT2D eigenvalue weighted by atomic mass is 16.5. The van der Waals surface area contributed by atoms with Crippen LogP contribution in [-0.2, 0) is 32.0 Å². The van der Waals surface area contributed by atoms with E-state index in [0.29, 0.717) is 6.61 Å². The summed E-state index contributed by atoms with van der Waals surface area (Å²) in [6, 6.07) is 20.8. The predicted molar refractivity (Wildman–Crippen MR) is 108 cm³/mol. The molecule has 0 aromatic heterocycles. The number of benzene rings is 2. The van der Waals surface area contributed by atoms with E-state index in [1.54, 1.807) is 0 Å². The standard InChI is InChI=1S/C23H28O2.CO2/c1-3-21(17-15-19-11-7-5-8-12-19)22(23(24)25-4-2)18-16-20-13-9-6-10-14-20;2-1-3/h5-14H,3-4,15-18H2,1-2H3;/b22-21+;. The molecule has 2 aromatic rings. The van der Waals surface area contributed by atoms with Gasteiger partial charge in [0.15, 0.2) is 0 Å². The average molecular weight is 380 g/mol. The number of carbonyl (C=O) groups excluding carboxylic acids is 3. The molecule has 0 amide bonds. The molecule has 0 aliphatic heterocycles. The van der Waals surface area contributed by atoms with Gasteiger partial charge in [0.25, 0.3) is 0 Å². The number of hydrogen-bond acceptors (Lipinski definition) is 4. The van der Waals surface area contributed by atoms with Gasteiger partial charge in [-0.15, -0.1) is 0 Å². The van der Waals surface area contributed by atoms with Crippen molar-refractivity contribution in [2.45, 2.75) is 46.0 Å². The van der Waals surface area contributed by atoms with Crippen molar-refractivity contribution in [3.63, 3.8) is 0 Å². The van der Waals surface area contributed by atoms with E-state index in [-0.39, 0.29) is 12.1 Å². The largest absolute Gasteiger partial charge is 0.463 e. The molecule has 2 rings (SSSR count). The summed E-state index contributed by atoms with van der Waals surface area (Å²) in [7, 11) is 0. The van der Waals surface area contributed by atoms with E-state index >= 15 is 0 Å². The first-order chi connectivity index (χ1) is 13.7. The molecule has 0 N–H and O–H groups in total. The lowest BCUT2D eigenvalue weighted by Crippen LogP contribution is -2.12. The summed E-state index contributed by atoms with van der Waals surface area (Å²) in [6.45, 7) is 4.41. The lowest BCUT2D eigenvalue weighted by atomic mass is 9.94. The zero-order valence-corrected chi connectivity index (χ0v) is 16.6. The molecule has 0 aliphatic rings. The molecule has 0 radical (unpaired) electrons. The molecular weight excluding hydrogens is 352 g/mol. The molecule has 2 aromatic carbocycles. The number of rotatable bonds is 9. The van der Waals surface area contributed by atoms with Crippen LogP contribution >= 0.6 is 0 Å². The molecule has 4 heteroatoms. The minimum Gasteiger partial charge on any atom is -0.463 e. The summed E-state index contributed by atoms with van der Waals surface area (Å²) in [4.78, 5) is 28.7. The first-order valence-corrected chi connectivity index (χ1v) is 9.61. The Bertz CT molecular complexity index is 758. The van der Waals surface area contributed by atoms with Gasteiger partial charge < -0.3 is 4.74 Å². The van der Waals surface area contributed by atoms with Crippen LogP contribution in [0.2, 0.25) is 0 Å². The van der Waals surface area contributed by atoms with E-state index in [1.807, 2.05) is 31.2 Å². The molecule has 148 valence electrons. The summed E-state index contributed by atoms with van der Waals surface area (Å²) in [5.41, 5.74) is 4.64. The minimum absolute atomic E-state index is 0.150. The Hall–Kier alpha value is -2.97. The van der Waals surface area contributed by atoms with Crippen molar-refractivity contribution in [1.82, 2.24) is 0 Å². The molecule has 0 spiro atoms. The number of esters is 1. The molecule has 0 saturated heterocycles. The second-order valence-corrected chi connectivity index (χ2v) is 6.21. The van der Waals surface area contributed by atoms with Crippen molar-refractivity contribution < 1.29 is 19.1 Å². The van der Waals surface area contributed by atoms with Gasteiger partial charge in [-0.25, -0.2) is 4.79 Å². The summed E-state index contributed by atoms with van der Waals surface area (Å²) < 4.78 is 5.33. The molecular formula is C24H28O4. The third-order valence-corrected chi connectivity index (χ3v) is 4.44. The lowest BCUT2D eigenvalue weighted by Gasteiger charge is -2.14. The Morgan fingerprint density at radius 2 is 1.29 bits per heavy atom. The van der Waals surface area contributed by atoms with Gasteiger partial charge in [0.1, 0.15) is 0 Å². The van der Waals surface area contributed by atoms with Gasteiger partial charge in [0, 0.05) is 5.57 Å². The summed E-state index contributed by atoms with van der Waals surface area (Å²) in [6.07, 6.45) is 4.60. The maximum Gasteiger partial charge on any atom is 0.373 e. The lowest BCUT2D eigenvalue weighted by molar-refractivity contribution is -0.191. The molecule has 4 nitrogen and oxygen atoms in total. The first-order valence-electron chi connectivity index (χ1n) is 9.61. The van der Waals surface area contributed by atoms with Crippen molar-refractivity contribution in [2.24, 2.45) is 0 Å². The Labute approximate surface area is 167 Å². The number of aryl methyl sites for hydroxylation is 2. The topological polar surface area (TPSA) is 60.4 Å². The molecule has 0 bridgehead atoms. The second-order valence-electron chi connectivity index (χ2n) is 6.21. The quantitative estimate of drug-likeness (QED) is 0.457. The maximum atomic E-state index is 12.5. The highest BCUT2D eigenvalue weighted by molar-refractivity contribution is 5.89. The Morgan fingerprint density at radius 3 is 1.71 bits per heavy atom. The van der Waals surface area contributed by atoms with Gasteiger partial charge in [0.2, 0.25) is 0 Å². The average Bonchev–Trinajstić information content (AvgIpc) is 2.72.